The van der Waals surface area contributed by atoms with Crippen LogP contribution in [0.3, 0.4) is 0 Å². The molecule has 1 aliphatic rings. The highest BCUT2D eigenvalue weighted by molar-refractivity contribution is 7.09. The summed E-state index contributed by atoms with van der Waals surface area (Å²) < 4.78 is 9.68. The standard InChI is InChI=1S/C19H21ClN6OS/c1-27-17-12-14(2-5-22-17)4-7-25-8-10-26(11-9-25)19-23-18(24-28-19)15-3-6-21-16(20)13-15/h2-3,5-6,12-13H,4,7-11H2,1H3. The Morgan fingerprint density at radius 2 is 1.93 bits per heavy atom. The average Bonchev–Trinajstić information content (AvgIpc) is 3.23. The largest absolute Gasteiger partial charge is 0.481 e. The Balaban J connectivity index is 1.30. The van der Waals surface area contributed by atoms with Gasteiger partial charge in [0.2, 0.25) is 11.0 Å². The van der Waals surface area contributed by atoms with Crippen LogP contribution in [0.1, 0.15) is 5.56 Å². The summed E-state index contributed by atoms with van der Waals surface area (Å²) in [6.07, 6.45) is 4.47. The van der Waals surface area contributed by atoms with E-state index in [1.807, 2.05) is 18.2 Å². The van der Waals surface area contributed by atoms with Crippen molar-refractivity contribution >= 4 is 28.3 Å². The van der Waals surface area contributed by atoms with Crippen LogP contribution in [0.25, 0.3) is 11.4 Å². The number of methoxy groups -OCH3 is 1. The van der Waals surface area contributed by atoms with E-state index in [1.165, 1.54) is 17.1 Å². The summed E-state index contributed by atoms with van der Waals surface area (Å²) >= 11 is 7.40. The molecule has 1 aliphatic heterocycles. The van der Waals surface area contributed by atoms with Gasteiger partial charge in [-0.3, -0.25) is 4.90 Å². The minimum absolute atomic E-state index is 0.453. The van der Waals surface area contributed by atoms with Gasteiger partial charge in [-0.2, -0.15) is 9.36 Å². The van der Waals surface area contributed by atoms with Crippen LogP contribution in [0.2, 0.25) is 5.15 Å². The molecule has 4 rings (SSSR count). The molecule has 3 aromatic heterocycles. The van der Waals surface area contributed by atoms with Crippen LogP contribution in [0, 0.1) is 0 Å². The molecular weight excluding hydrogens is 396 g/mol. The van der Waals surface area contributed by atoms with E-state index in [1.54, 1.807) is 25.6 Å². The third kappa shape index (κ3) is 4.57. The smallest absolute Gasteiger partial charge is 0.213 e. The normalized spacial score (nSPS) is 15.0. The van der Waals surface area contributed by atoms with Gasteiger partial charge in [-0.05, 0) is 30.2 Å². The third-order valence-corrected chi connectivity index (χ3v) is 5.75. The second-order valence-electron chi connectivity index (χ2n) is 6.55. The van der Waals surface area contributed by atoms with Crippen LogP contribution in [-0.2, 0) is 6.42 Å². The third-order valence-electron chi connectivity index (χ3n) is 4.77. The molecule has 0 atom stereocenters. The Morgan fingerprint density at radius 3 is 2.71 bits per heavy atom. The van der Waals surface area contributed by atoms with Crippen molar-refractivity contribution in [1.29, 1.82) is 0 Å². The maximum atomic E-state index is 5.97. The lowest BCUT2D eigenvalue weighted by molar-refractivity contribution is 0.261. The Bertz CT molecular complexity index is 928. The molecule has 9 heteroatoms. The molecule has 0 saturated carbocycles. The number of ether oxygens (including phenoxy) is 1. The highest BCUT2D eigenvalue weighted by Crippen LogP contribution is 2.25. The number of hydrogen-bond acceptors (Lipinski definition) is 8. The summed E-state index contributed by atoms with van der Waals surface area (Å²) in [6, 6.07) is 7.72. The highest BCUT2D eigenvalue weighted by Gasteiger charge is 2.20. The predicted octanol–water partition coefficient (Wildman–Crippen LogP) is 3.02. The van der Waals surface area contributed by atoms with Crippen molar-refractivity contribution in [3.63, 3.8) is 0 Å². The number of hydrogen-bond donors (Lipinski definition) is 0. The van der Waals surface area contributed by atoms with E-state index in [4.69, 9.17) is 21.3 Å². The number of rotatable bonds is 6. The van der Waals surface area contributed by atoms with Crippen LogP contribution in [-0.4, -0.2) is 64.1 Å². The summed E-state index contributed by atoms with van der Waals surface area (Å²) in [5, 5.41) is 1.41. The van der Waals surface area contributed by atoms with Gasteiger partial charge in [-0.25, -0.2) is 9.97 Å². The summed E-state index contributed by atoms with van der Waals surface area (Å²) in [6.45, 7) is 4.95. The SMILES string of the molecule is COc1cc(CCN2CCN(c3nc(-c4ccnc(Cl)c4)ns3)CC2)ccn1. The molecule has 0 radical (unpaired) electrons. The molecule has 0 N–H and O–H groups in total. The topological polar surface area (TPSA) is 67.3 Å². The van der Waals surface area contributed by atoms with E-state index in [2.05, 4.69) is 24.1 Å². The zero-order chi connectivity index (χ0) is 19.3. The fraction of sp³-hybridized carbons (Fsp3) is 0.368. The van der Waals surface area contributed by atoms with Crippen molar-refractivity contribution in [3.05, 3.63) is 47.4 Å². The van der Waals surface area contributed by atoms with Crippen molar-refractivity contribution in [1.82, 2.24) is 24.2 Å². The maximum absolute atomic E-state index is 5.97. The van der Waals surface area contributed by atoms with E-state index in [9.17, 15) is 0 Å². The van der Waals surface area contributed by atoms with Crippen LogP contribution < -0.4 is 9.64 Å². The van der Waals surface area contributed by atoms with E-state index in [0.717, 1.165) is 49.8 Å². The Kier molecular flexibility index (Phi) is 5.99. The first kappa shape index (κ1) is 19.0. The molecule has 0 spiro atoms. The average molecular weight is 417 g/mol. The van der Waals surface area contributed by atoms with E-state index in [0.29, 0.717) is 16.9 Å². The molecule has 146 valence electrons. The number of piperazine rings is 1. The first-order chi connectivity index (χ1) is 13.7. The minimum Gasteiger partial charge on any atom is -0.481 e. The predicted molar refractivity (Wildman–Crippen MR) is 111 cm³/mol. The molecule has 0 bridgehead atoms. The van der Waals surface area contributed by atoms with Crippen LogP contribution in [0.5, 0.6) is 5.88 Å². The molecule has 0 aliphatic carbocycles. The maximum Gasteiger partial charge on any atom is 0.213 e. The first-order valence-electron chi connectivity index (χ1n) is 9.13. The van der Waals surface area contributed by atoms with Gasteiger partial charge in [0.05, 0.1) is 7.11 Å². The Morgan fingerprint density at radius 1 is 1.11 bits per heavy atom. The zero-order valence-corrected chi connectivity index (χ0v) is 17.2. The molecular formula is C19H21ClN6OS. The highest BCUT2D eigenvalue weighted by atomic mass is 35.5. The van der Waals surface area contributed by atoms with E-state index < -0.39 is 0 Å². The molecule has 0 aromatic carbocycles. The Labute approximate surface area is 173 Å². The summed E-state index contributed by atoms with van der Waals surface area (Å²) in [7, 11) is 1.65. The number of halogens is 1. The van der Waals surface area contributed by atoms with Gasteiger partial charge in [-0.15, -0.1) is 0 Å². The summed E-state index contributed by atoms with van der Waals surface area (Å²) in [5.41, 5.74) is 2.15. The summed E-state index contributed by atoms with van der Waals surface area (Å²) in [5.74, 6) is 1.38. The number of nitrogens with zero attached hydrogens (tertiary/aromatic N) is 6. The summed E-state index contributed by atoms with van der Waals surface area (Å²) in [4.78, 5) is 17.6. The molecule has 0 unspecified atom stereocenters. The van der Waals surface area contributed by atoms with Gasteiger partial charge in [0.25, 0.3) is 0 Å². The fourth-order valence-corrected chi connectivity index (χ4v) is 4.08. The Hall–Kier alpha value is -2.29. The van der Waals surface area contributed by atoms with Crippen molar-refractivity contribution < 1.29 is 4.74 Å². The molecule has 28 heavy (non-hydrogen) atoms. The lowest BCUT2D eigenvalue weighted by Gasteiger charge is -2.34. The molecule has 7 nitrogen and oxygen atoms in total. The van der Waals surface area contributed by atoms with Gasteiger partial charge >= 0.3 is 0 Å². The number of anilines is 1. The minimum atomic E-state index is 0.453. The quantitative estimate of drug-likeness (QED) is 0.572. The zero-order valence-electron chi connectivity index (χ0n) is 15.6. The van der Waals surface area contributed by atoms with Gasteiger partial charge in [-0.1, -0.05) is 11.6 Å². The molecule has 1 fully saturated rings. The lowest BCUT2D eigenvalue weighted by Crippen LogP contribution is -2.47. The van der Waals surface area contributed by atoms with E-state index >= 15 is 0 Å². The van der Waals surface area contributed by atoms with Crippen LogP contribution >= 0.6 is 23.1 Å². The van der Waals surface area contributed by atoms with Gasteiger partial charge in [0.15, 0.2) is 5.82 Å². The number of aromatic nitrogens is 4. The lowest BCUT2D eigenvalue weighted by atomic mass is 10.2. The fourth-order valence-electron chi connectivity index (χ4n) is 3.17. The van der Waals surface area contributed by atoms with Crippen LogP contribution in [0.15, 0.2) is 36.7 Å². The second-order valence-corrected chi connectivity index (χ2v) is 7.67. The molecule has 0 amide bonds. The molecule has 4 heterocycles. The first-order valence-corrected chi connectivity index (χ1v) is 10.3. The van der Waals surface area contributed by atoms with Gasteiger partial charge < -0.3 is 9.64 Å². The van der Waals surface area contributed by atoms with E-state index in [-0.39, 0.29) is 0 Å². The van der Waals surface area contributed by atoms with Crippen molar-refractivity contribution in [3.8, 4) is 17.3 Å². The number of pyridine rings is 2. The van der Waals surface area contributed by atoms with Gasteiger partial charge in [0, 0.05) is 68.3 Å². The molecule has 3 aromatic rings. The van der Waals surface area contributed by atoms with Crippen LogP contribution in [0.4, 0.5) is 5.13 Å². The van der Waals surface area contributed by atoms with Crippen molar-refractivity contribution in [2.75, 3.05) is 44.7 Å². The monoisotopic (exact) mass is 416 g/mol. The van der Waals surface area contributed by atoms with Gasteiger partial charge in [0.1, 0.15) is 5.15 Å². The van der Waals surface area contributed by atoms with Crippen molar-refractivity contribution in [2.45, 2.75) is 6.42 Å². The molecule has 1 saturated heterocycles. The van der Waals surface area contributed by atoms with Crippen molar-refractivity contribution in [2.24, 2.45) is 0 Å². The second kappa shape index (κ2) is 8.81.